The molecule has 2 aromatic rings. The highest BCUT2D eigenvalue weighted by molar-refractivity contribution is 9.10. The van der Waals surface area contributed by atoms with Crippen LogP contribution in [-0.4, -0.2) is 13.7 Å². The summed E-state index contributed by atoms with van der Waals surface area (Å²) in [5, 5.41) is 3.24. The topological polar surface area (TPSA) is 34.4 Å². The van der Waals surface area contributed by atoms with Crippen molar-refractivity contribution in [1.82, 2.24) is 5.32 Å². The fraction of sp³-hybridized carbons (Fsp3) is 0.333. The summed E-state index contributed by atoms with van der Waals surface area (Å²) in [5.74, 6) is 1.14. The molecule has 0 amide bonds. The second-order valence-corrected chi connectivity index (χ2v) is 5.31. The van der Waals surface area contributed by atoms with Gasteiger partial charge in [0, 0.05) is 17.1 Å². The van der Waals surface area contributed by atoms with Crippen LogP contribution < -0.4 is 5.32 Å². The van der Waals surface area contributed by atoms with E-state index in [1.54, 1.807) is 13.2 Å². The number of halogens is 2. The first-order valence-electron chi connectivity index (χ1n) is 6.41. The Labute approximate surface area is 126 Å². The number of methoxy groups -OCH3 is 1. The molecule has 0 aliphatic heterocycles. The Bertz CT molecular complexity index is 571. The molecule has 3 nitrogen and oxygen atoms in total. The predicted molar refractivity (Wildman–Crippen MR) is 79.0 cm³/mol. The van der Waals surface area contributed by atoms with Crippen molar-refractivity contribution in [2.24, 2.45) is 0 Å². The lowest BCUT2D eigenvalue weighted by molar-refractivity contribution is 0.162. The third-order valence-corrected chi connectivity index (χ3v) is 3.43. The molecule has 0 aliphatic carbocycles. The zero-order valence-electron chi connectivity index (χ0n) is 11.5. The van der Waals surface area contributed by atoms with Crippen LogP contribution in [0.3, 0.4) is 0 Å². The molecule has 0 saturated carbocycles. The summed E-state index contributed by atoms with van der Waals surface area (Å²) in [7, 11) is 1.61. The maximum atomic E-state index is 14.1. The Kier molecular flexibility index (Phi) is 5.34. The molecule has 1 heterocycles. The molecule has 0 radical (unpaired) electrons. The van der Waals surface area contributed by atoms with Crippen molar-refractivity contribution in [3.05, 3.63) is 57.7 Å². The zero-order chi connectivity index (χ0) is 14.5. The highest BCUT2D eigenvalue weighted by Gasteiger charge is 2.20. The van der Waals surface area contributed by atoms with Crippen LogP contribution in [0.2, 0.25) is 0 Å². The monoisotopic (exact) mass is 341 g/mol. The van der Waals surface area contributed by atoms with Gasteiger partial charge in [0.25, 0.3) is 0 Å². The lowest BCUT2D eigenvalue weighted by Gasteiger charge is -2.17. The molecular formula is C15H17BrFNO2. The van der Waals surface area contributed by atoms with E-state index in [1.807, 2.05) is 25.1 Å². The molecule has 20 heavy (non-hydrogen) atoms. The fourth-order valence-electron chi connectivity index (χ4n) is 2.07. The smallest absolute Gasteiger partial charge is 0.129 e. The van der Waals surface area contributed by atoms with E-state index in [1.165, 1.54) is 6.07 Å². The average Bonchev–Trinajstić information content (AvgIpc) is 2.86. The Balaban J connectivity index is 2.34. The van der Waals surface area contributed by atoms with Crippen molar-refractivity contribution in [1.29, 1.82) is 0 Å². The van der Waals surface area contributed by atoms with E-state index in [-0.39, 0.29) is 11.9 Å². The molecule has 1 aromatic carbocycles. The van der Waals surface area contributed by atoms with Gasteiger partial charge in [-0.05, 0) is 30.8 Å². The first-order chi connectivity index (χ1) is 9.65. The van der Waals surface area contributed by atoms with Crippen LogP contribution in [0, 0.1) is 5.82 Å². The minimum atomic E-state index is -0.307. The Morgan fingerprint density at radius 3 is 2.80 bits per heavy atom. The van der Waals surface area contributed by atoms with Crippen LogP contribution in [0.5, 0.6) is 0 Å². The molecule has 1 N–H and O–H groups in total. The van der Waals surface area contributed by atoms with Crippen LogP contribution >= 0.6 is 15.9 Å². The average molecular weight is 342 g/mol. The zero-order valence-corrected chi connectivity index (χ0v) is 13.0. The molecule has 0 fully saturated rings. The first-order valence-corrected chi connectivity index (χ1v) is 7.21. The second kappa shape index (κ2) is 7.02. The molecule has 0 saturated heterocycles. The summed E-state index contributed by atoms with van der Waals surface area (Å²) in [5.41, 5.74) is 0.563. The molecule has 5 heteroatoms. The van der Waals surface area contributed by atoms with Gasteiger partial charge in [0.15, 0.2) is 0 Å². The third-order valence-electron chi connectivity index (χ3n) is 2.94. The van der Waals surface area contributed by atoms with Gasteiger partial charge in [0.1, 0.15) is 23.9 Å². The van der Waals surface area contributed by atoms with E-state index in [9.17, 15) is 4.39 Å². The number of rotatable bonds is 6. The summed E-state index contributed by atoms with van der Waals surface area (Å²) in [6, 6.07) is 8.42. The Morgan fingerprint density at radius 1 is 1.35 bits per heavy atom. The van der Waals surface area contributed by atoms with Crippen LogP contribution in [0.4, 0.5) is 4.39 Å². The maximum Gasteiger partial charge on any atom is 0.129 e. The van der Waals surface area contributed by atoms with Crippen molar-refractivity contribution in [2.75, 3.05) is 13.7 Å². The molecule has 0 bridgehead atoms. The number of benzene rings is 1. The van der Waals surface area contributed by atoms with E-state index in [2.05, 4.69) is 21.2 Å². The third kappa shape index (κ3) is 3.48. The fourth-order valence-corrected chi connectivity index (χ4v) is 2.41. The van der Waals surface area contributed by atoms with Gasteiger partial charge in [-0.15, -0.1) is 0 Å². The quantitative estimate of drug-likeness (QED) is 0.861. The second-order valence-electron chi connectivity index (χ2n) is 4.39. The molecular weight excluding hydrogens is 325 g/mol. The van der Waals surface area contributed by atoms with Crippen LogP contribution in [0.25, 0.3) is 0 Å². The summed E-state index contributed by atoms with van der Waals surface area (Å²) in [6.45, 7) is 3.09. The van der Waals surface area contributed by atoms with Gasteiger partial charge >= 0.3 is 0 Å². The first kappa shape index (κ1) is 15.2. The van der Waals surface area contributed by atoms with Crippen molar-refractivity contribution in [2.45, 2.75) is 19.6 Å². The SMILES string of the molecule is CCNC(c1ccc(COC)o1)c1ccc(Br)cc1F. The van der Waals surface area contributed by atoms with Crippen molar-refractivity contribution < 1.29 is 13.5 Å². The highest BCUT2D eigenvalue weighted by atomic mass is 79.9. The van der Waals surface area contributed by atoms with Gasteiger partial charge in [-0.25, -0.2) is 4.39 Å². The number of ether oxygens (including phenoxy) is 1. The normalized spacial score (nSPS) is 12.6. The maximum absolute atomic E-state index is 14.1. The molecule has 1 unspecified atom stereocenters. The number of hydrogen-bond donors (Lipinski definition) is 1. The number of furan rings is 1. The van der Waals surface area contributed by atoms with Gasteiger partial charge in [0.05, 0.1) is 6.04 Å². The van der Waals surface area contributed by atoms with Gasteiger partial charge in [-0.1, -0.05) is 28.9 Å². The minimum absolute atomic E-state index is 0.269. The van der Waals surface area contributed by atoms with Gasteiger partial charge < -0.3 is 14.5 Å². The van der Waals surface area contributed by atoms with Gasteiger partial charge in [-0.2, -0.15) is 0 Å². The molecule has 2 rings (SSSR count). The van der Waals surface area contributed by atoms with Crippen molar-refractivity contribution in [3.63, 3.8) is 0 Å². The van der Waals surface area contributed by atoms with Crippen LogP contribution in [0.15, 0.2) is 39.2 Å². The molecule has 0 spiro atoms. The largest absolute Gasteiger partial charge is 0.462 e. The van der Waals surface area contributed by atoms with E-state index in [4.69, 9.17) is 9.15 Å². The van der Waals surface area contributed by atoms with E-state index in [0.29, 0.717) is 28.9 Å². The number of hydrogen-bond acceptors (Lipinski definition) is 3. The molecule has 0 aliphatic rings. The number of nitrogens with one attached hydrogen (secondary N) is 1. The van der Waals surface area contributed by atoms with E-state index < -0.39 is 0 Å². The molecule has 1 aromatic heterocycles. The summed E-state index contributed by atoms with van der Waals surface area (Å²) >= 11 is 3.26. The summed E-state index contributed by atoms with van der Waals surface area (Å²) in [6.07, 6.45) is 0. The van der Waals surface area contributed by atoms with Gasteiger partial charge in [0.2, 0.25) is 0 Å². The van der Waals surface area contributed by atoms with Crippen LogP contribution in [-0.2, 0) is 11.3 Å². The summed E-state index contributed by atoms with van der Waals surface area (Å²) < 4.78 is 25.6. The lowest BCUT2D eigenvalue weighted by atomic mass is 10.0. The van der Waals surface area contributed by atoms with E-state index in [0.717, 1.165) is 5.76 Å². The van der Waals surface area contributed by atoms with Crippen molar-refractivity contribution in [3.8, 4) is 0 Å². The van der Waals surface area contributed by atoms with Crippen LogP contribution in [0.1, 0.15) is 30.0 Å². The Morgan fingerprint density at radius 2 is 2.15 bits per heavy atom. The molecule has 1 atom stereocenters. The van der Waals surface area contributed by atoms with Crippen molar-refractivity contribution >= 4 is 15.9 Å². The highest BCUT2D eigenvalue weighted by Crippen LogP contribution is 2.28. The molecule has 108 valence electrons. The van der Waals surface area contributed by atoms with Gasteiger partial charge in [-0.3, -0.25) is 0 Å². The predicted octanol–water partition coefficient (Wildman–Crippen LogP) is 4.03. The lowest BCUT2D eigenvalue weighted by Crippen LogP contribution is -2.22. The Hall–Kier alpha value is -1.17. The summed E-state index contributed by atoms with van der Waals surface area (Å²) in [4.78, 5) is 0. The standard InChI is InChI=1S/C15H17BrFNO2/c1-3-18-15(12-6-4-10(16)8-13(12)17)14-7-5-11(20-14)9-19-2/h4-8,15,18H,3,9H2,1-2H3. The minimum Gasteiger partial charge on any atom is -0.462 e. The van der Waals surface area contributed by atoms with E-state index >= 15 is 0 Å².